The van der Waals surface area contributed by atoms with Crippen LogP contribution < -0.4 is 4.74 Å². The van der Waals surface area contributed by atoms with Crippen molar-refractivity contribution in [1.29, 1.82) is 0 Å². The lowest BCUT2D eigenvalue weighted by Gasteiger charge is -2.02. The van der Waals surface area contributed by atoms with Gasteiger partial charge in [-0.25, -0.2) is 0 Å². The molecule has 0 saturated carbocycles. The summed E-state index contributed by atoms with van der Waals surface area (Å²) in [6.45, 7) is 0.544. The second-order valence-corrected chi connectivity index (χ2v) is 3.83. The molecule has 2 rings (SSSR count). The molecule has 4 nitrogen and oxygen atoms in total. The van der Waals surface area contributed by atoms with Gasteiger partial charge in [0.25, 0.3) is 0 Å². The standard InChI is InChI=1S/C10H9IN2O2/c11-10-12-9(15-13-10)6-7-14-8-4-2-1-3-5-8/h1-5H,6-7H2. The maximum Gasteiger partial charge on any atom is 0.232 e. The van der Waals surface area contributed by atoms with Crippen molar-refractivity contribution in [3.05, 3.63) is 40.1 Å². The summed E-state index contributed by atoms with van der Waals surface area (Å²) >= 11 is 2.01. The molecule has 0 bridgehead atoms. The molecule has 0 aliphatic rings. The van der Waals surface area contributed by atoms with Crippen LogP contribution in [0.4, 0.5) is 0 Å². The molecule has 0 radical (unpaired) electrons. The Morgan fingerprint density at radius 2 is 2.07 bits per heavy atom. The van der Waals surface area contributed by atoms with Crippen molar-refractivity contribution < 1.29 is 9.26 Å². The summed E-state index contributed by atoms with van der Waals surface area (Å²) in [6, 6.07) is 9.65. The molecule has 0 saturated heterocycles. The van der Waals surface area contributed by atoms with E-state index in [1.54, 1.807) is 0 Å². The van der Waals surface area contributed by atoms with Crippen LogP contribution in [0.1, 0.15) is 5.89 Å². The van der Waals surface area contributed by atoms with E-state index in [1.807, 2.05) is 52.9 Å². The number of benzene rings is 1. The Morgan fingerprint density at radius 1 is 1.27 bits per heavy atom. The topological polar surface area (TPSA) is 48.2 Å². The molecule has 0 spiro atoms. The van der Waals surface area contributed by atoms with Gasteiger partial charge in [0.1, 0.15) is 5.75 Å². The van der Waals surface area contributed by atoms with Gasteiger partial charge < -0.3 is 9.26 Å². The lowest BCUT2D eigenvalue weighted by molar-refractivity contribution is 0.292. The molecule has 15 heavy (non-hydrogen) atoms. The Balaban J connectivity index is 1.80. The van der Waals surface area contributed by atoms with Crippen molar-refractivity contribution in [2.24, 2.45) is 0 Å². The second-order valence-electron chi connectivity index (χ2n) is 2.87. The number of aromatic nitrogens is 2. The molecule has 0 aliphatic carbocycles. The van der Waals surface area contributed by atoms with Gasteiger partial charge in [-0.15, -0.1) is 0 Å². The molecular weight excluding hydrogens is 307 g/mol. The summed E-state index contributed by atoms with van der Waals surface area (Å²) in [5, 5.41) is 3.69. The van der Waals surface area contributed by atoms with Gasteiger partial charge in [0.05, 0.1) is 13.0 Å². The average molecular weight is 316 g/mol. The number of nitrogens with zero attached hydrogens (tertiary/aromatic N) is 2. The van der Waals surface area contributed by atoms with Crippen molar-refractivity contribution in [1.82, 2.24) is 10.1 Å². The van der Waals surface area contributed by atoms with Crippen molar-refractivity contribution >= 4 is 22.6 Å². The van der Waals surface area contributed by atoms with E-state index in [4.69, 9.17) is 9.26 Å². The van der Waals surface area contributed by atoms with E-state index >= 15 is 0 Å². The number of halogens is 1. The van der Waals surface area contributed by atoms with Crippen LogP contribution in [-0.2, 0) is 6.42 Å². The van der Waals surface area contributed by atoms with Crippen molar-refractivity contribution in [3.8, 4) is 5.75 Å². The largest absolute Gasteiger partial charge is 0.493 e. The Morgan fingerprint density at radius 3 is 2.73 bits per heavy atom. The molecule has 0 amide bonds. The van der Waals surface area contributed by atoms with E-state index in [1.165, 1.54) is 0 Å². The molecule has 1 aromatic carbocycles. The minimum atomic E-state index is 0.544. The van der Waals surface area contributed by atoms with Gasteiger partial charge in [-0.2, -0.15) is 4.98 Å². The average Bonchev–Trinajstić information content (AvgIpc) is 2.66. The highest BCUT2D eigenvalue weighted by Crippen LogP contribution is 2.09. The highest BCUT2D eigenvalue weighted by molar-refractivity contribution is 14.1. The third kappa shape index (κ3) is 3.19. The number of hydrogen-bond acceptors (Lipinski definition) is 4. The summed E-state index contributed by atoms with van der Waals surface area (Å²) in [6.07, 6.45) is 0.630. The summed E-state index contributed by atoms with van der Waals surface area (Å²) in [7, 11) is 0. The molecule has 0 fully saturated rings. The maximum absolute atomic E-state index is 5.49. The minimum Gasteiger partial charge on any atom is -0.493 e. The van der Waals surface area contributed by atoms with Gasteiger partial charge >= 0.3 is 0 Å². The number of ether oxygens (including phenoxy) is 1. The Kier molecular flexibility index (Phi) is 3.54. The molecule has 5 heteroatoms. The monoisotopic (exact) mass is 316 g/mol. The lowest BCUT2D eigenvalue weighted by Crippen LogP contribution is -2.01. The number of rotatable bonds is 4. The van der Waals surface area contributed by atoms with Crippen LogP contribution in [0, 0.1) is 3.83 Å². The van der Waals surface area contributed by atoms with Crippen LogP contribution in [0.5, 0.6) is 5.75 Å². The predicted molar refractivity (Wildman–Crippen MR) is 62.7 cm³/mol. The minimum absolute atomic E-state index is 0.544. The zero-order valence-electron chi connectivity index (χ0n) is 7.89. The van der Waals surface area contributed by atoms with Gasteiger partial charge in [0.15, 0.2) is 0 Å². The first-order valence-electron chi connectivity index (χ1n) is 4.50. The fourth-order valence-electron chi connectivity index (χ4n) is 1.11. The fraction of sp³-hybridized carbons (Fsp3) is 0.200. The van der Waals surface area contributed by atoms with Gasteiger partial charge in [0, 0.05) is 22.6 Å². The molecule has 0 aliphatic heterocycles. The molecule has 1 heterocycles. The fourth-order valence-corrected chi connectivity index (χ4v) is 1.48. The van der Waals surface area contributed by atoms with Gasteiger partial charge in [-0.3, -0.25) is 0 Å². The normalized spacial score (nSPS) is 10.2. The smallest absolute Gasteiger partial charge is 0.232 e. The van der Waals surface area contributed by atoms with Crippen LogP contribution in [-0.4, -0.2) is 16.7 Å². The first-order chi connectivity index (χ1) is 7.34. The Bertz CT molecular complexity index is 416. The third-order valence-corrected chi connectivity index (χ3v) is 2.21. The van der Waals surface area contributed by atoms with E-state index < -0.39 is 0 Å². The third-order valence-electron chi connectivity index (χ3n) is 1.77. The molecular formula is C10H9IN2O2. The number of hydrogen-bond donors (Lipinski definition) is 0. The van der Waals surface area contributed by atoms with Crippen molar-refractivity contribution in [2.45, 2.75) is 6.42 Å². The van der Waals surface area contributed by atoms with Gasteiger partial charge in [0.2, 0.25) is 9.72 Å². The molecule has 0 atom stereocenters. The van der Waals surface area contributed by atoms with E-state index in [9.17, 15) is 0 Å². The first-order valence-corrected chi connectivity index (χ1v) is 5.58. The van der Waals surface area contributed by atoms with Gasteiger partial charge in [-0.05, 0) is 12.1 Å². The molecule has 0 N–H and O–H groups in total. The van der Waals surface area contributed by atoms with Crippen molar-refractivity contribution in [2.75, 3.05) is 6.61 Å². The quantitative estimate of drug-likeness (QED) is 0.812. The van der Waals surface area contributed by atoms with E-state index in [0.717, 1.165) is 5.75 Å². The van der Waals surface area contributed by atoms with Crippen LogP contribution in [0.15, 0.2) is 34.9 Å². The maximum atomic E-state index is 5.49. The second kappa shape index (κ2) is 5.11. The Labute approximate surface area is 101 Å². The summed E-state index contributed by atoms with van der Waals surface area (Å²) in [5.41, 5.74) is 0. The summed E-state index contributed by atoms with van der Waals surface area (Å²) in [5.74, 6) is 1.46. The van der Waals surface area contributed by atoms with Crippen LogP contribution in [0.2, 0.25) is 0 Å². The highest BCUT2D eigenvalue weighted by atomic mass is 127. The lowest BCUT2D eigenvalue weighted by atomic mass is 10.3. The van der Waals surface area contributed by atoms with Gasteiger partial charge in [-0.1, -0.05) is 23.4 Å². The predicted octanol–water partition coefficient (Wildman–Crippen LogP) is 2.30. The van der Waals surface area contributed by atoms with Crippen LogP contribution in [0.25, 0.3) is 0 Å². The molecule has 1 aromatic heterocycles. The number of para-hydroxylation sites is 1. The van der Waals surface area contributed by atoms with E-state index in [2.05, 4.69) is 10.1 Å². The summed E-state index contributed by atoms with van der Waals surface area (Å²) in [4.78, 5) is 4.07. The van der Waals surface area contributed by atoms with Crippen LogP contribution in [0.3, 0.4) is 0 Å². The van der Waals surface area contributed by atoms with Crippen LogP contribution >= 0.6 is 22.6 Å². The molecule has 78 valence electrons. The summed E-state index contributed by atoms with van der Waals surface area (Å²) < 4.78 is 11.1. The zero-order valence-corrected chi connectivity index (χ0v) is 10.0. The SMILES string of the molecule is Ic1noc(CCOc2ccccc2)n1. The van der Waals surface area contributed by atoms with E-state index in [-0.39, 0.29) is 0 Å². The first kappa shape index (κ1) is 10.4. The highest BCUT2D eigenvalue weighted by Gasteiger charge is 2.03. The van der Waals surface area contributed by atoms with E-state index in [0.29, 0.717) is 22.7 Å². The molecule has 0 unspecified atom stereocenters. The van der Waals surface area contributed by atoms with Crippen molar-refractivity contribution in [3.63, 3.8) is 0 Å². The Hall–Kier alpha value is -1.11. The zero-order chi connectivity index (χ0) is 10.5. The molecule has 2 aromatic rings.